The number of aryl methyl sites for hydroxylation is 2. The first-order valence-corrected chi connectivity index (χ1v) is 7.59. The molecule has 1 saturated heterocycles. The molecule has 2 amide bonds. The third kappa shape index (κ3) is 3.85. The molecule has 0 radical (unpaired) electrons. The SMILES string of the molecule is Cc1n[nH]c(C)c1CNC(=O)C1CC(=O)N(CCN(C)C)C1. The molecule has 2 N–H and O–H groups in total. The Balaban J connectivity index is 1.85. The summed E-state index contributed by atoms with van der Waals surface area (Å²) < 4.78 is 0. The molecular formula is C15H25N5O2. The first-order valence-electron chi connectivity index (χ1n) is 7.59. The van der Waals surface area contributed by atoms with Crippen molar-refractivity contribution < 1.29 is 9.59 Å². The average Bonchev–Trinajstić information content (AvgIpc) is 2.98. The van der Waals surface area contributed by atoms with E-state index in [2.05, 4.69) is 15.5 Å². The highest BCUT2D eigenvalue weighted by molar-refractivity contribution is 5.89. The number of hydrogen-bond acceptors (Lipinski definition) is 4. The molecule has 1 unspecified atom stereocenters. The average molecular weight is 307 g/mol. The Hall–Kier alpha value is -1.89. The van der Waals surface area contributed by atoms with Crippen LogP contribution in [0.2, 0.25) is 0 Å². The fraction of sp³-hybridized carbons (Fsp3) is 0.667. The van der Waals surface area contributed by atoms with E-state index in [-0.39, 0.29) is 17.7 Å². The summed E-state index contributed by atoms with van der Waals surface area (Å²) in [4.78, 5) is 28.0. The highest BCUT2D eigenvalue weighted by atomic mass is 16.2. The van der Waals surface area contributed by atoms with Gasteiger partial charge in [-0.2, -0.15) is 5.10 Å². The van der Waals surface area contributed by atoms with Gasteiger partial charge in [-0.05, 0) is 27.9 Å². The maximum atomic E-state index is 12.3. The summed E-state index contributed by atoms with van der Waals surface area (Å²) in [6, 6.07) is 0. The van der Waals surface area contributed by atoms with Gasteiger partial charge in [-0.15, -0.1) is 0 Å². The fourth-order valence-corrected chi connectivity index (χ4v) is 2.64. The highest BCUT2D eigenvalue weighted by Crippen LogP contribution is 2.18. The smallest absolute Gasteiger partial charge is 0.225 e. The van der Waals surface area contributed by atoms with Crippen molar-refractivity contribution >= 4 is 11.8 Å². The van der Waals surface area contributed by atoms with E-state index in [0.29, 0.717) is 26.1 Å². The van der Waals surface area contributed by atoms with E-state index in [1.165, 1.54) is 0 Å². The van der Waals surface area contributed by atoms with E-state index in [1.54, 1.807) is 4.90 Å². The quantitative estimate of drug-likeness (QED) is 0.778. The van der Waals surface area contributed by atoms with Crippen LogP contribution in [0.3, 0.4) is 0 Å². The molecule has 22 heavy (non-hydrogen) atoms. The number of carbonyl (C=O) groups is 2. The Kier molecular flexibility index (Phi) is 5.18. The van der Waals surface area contributed by atoms with Crippen LogP contribution in [0, 0.1) is 19.8 Å². The number of aromatic nitrogens is 2. The van der Waals surface area contributed by atoms with Gasteiger partial charge in [0.2, 0.25) is 11.8 Å². The zero-order valence-corrected chi connectivity index (χ0v) is 13.8. The molecule has 1 fully saturated rings. The first kappa shape index (κ1) is 16.5. The molecule has 122 valence electrons. The second-order valence-corrected chi connectivity index (χ2v) is 6.17. The maximum Gasteiger partial charge on any atom is 0.225 e. The summed E-state index contributed by atoms with van der Waals surface area (Å²) in [5.41, 5.74) is 2.88. The Labute approximate surface area is 131 Å². The number of nitrogens with zero attached hydrogens (tertiary/aromatic N) is 3. The number of rotatable bonds is 6. The summed E-state index contributed by atoms with van der Waals surface area (Å²) in [5, 5.41) is 9.94. The summed E-state index contributed by atoms with van der Waals surface area (Å²) >= 11 is 0. The molecule has 2 rings (SSSR count). The van der Waals surface area contributed by atoms with Crippen molar-refractivity contribution in [3.63, 3.8) is 0 Å². The third-order valence-corrected chi connectivity index (χ3v) is 4.12. The van der Waals surface area contributed by atoms with Gasteiger partial charge in [-0.25, -0.2) is 0 Å². The minimum Gasteiger partial charge on any atom is -0.352 e. The number of hydrogen-bond donors (Lipinski definition) is 2. The lowest BCUT2D eigenvalue weighted by Gasteiger charge is -2.19. The summed E-state index contributed by atoms with van der Waals surface area (Å²) in [6.45, 7) is 6.30. The number of nitrogens with one attached hydrogen (secondary N) is 2. The molecule has 2 heterocycles. The van der Waals surface area contributed by atoms with Crippen molar-refractivity contribution in [3.8, 4) is 0 Å². The molecule has 0 bridgehead atoms. The van der Waals surface area contributed by atoms with Crippen LogP contribution in [0.1, 0.15) is 23.4 Å². The van der Waals surface area contributed by atoms with Crippen LogP contribution in [0.15, 0.2) is 0 Å². The monoisotopic (exact) mass is 307 g/mol. The van der Waals surface area contributed by atoms with Crippen LogP contribution in [0.5, 0.6) is 0 Å². The highest BCUT2D eigenvalue weighted by Gasteiger charge is 2.33. The molecule has 1 atom stereocenters. The minimum atomic E-state index is -0.248. The Bertz CT molecular complexity index is 533. The number of likely N-dealkylation sites (N-methyl/N-ethyl adjacent to an activating group) is 1. The van der Waals surface area contributed by atoms with Crippen LogP contribution in [-0.2, 0) is 16.1 Å². The van der Waals surface area contributed by atoms with E-state index in [9.17, 15) is 9.59 Å². The molecule has 1 aromatic rings. The van der Waals surface area contributed by atoms with E-state index in [4.69, 9.17) is 0 Å². The molecule has 0 saturated carbocycles. The van der Waals surface area contributed by atoms with Crippen molar-refractivity contribution in [3.05, 3.63) is 17.0 Å². The Morgan fingerprint density at radius 3 is 2.77 bits per heavy atom. The van der Waals surface area contributed by atoms with E-state index >= 15 is 0 Å². The van der Waals surface area contributed by atoms with Gasteiger partial charge in [0.1, 0.15) is 0 Å². The lowest BCUT2D eigenvalue weighted by molar-refractivity contribution is -0.129. The fourth-order valence-electron chi connectivity index (χ4n) is 2.64. The van der Waals surface area contributed by atoms with E-state index < -0.39 is 0 Å². The van der Waals surface area contributed by atoms with Crippen molar-refractivity contribution in [2.24, 2.45) is 5.92 Å². The zero-order chi connectivity index (χ0) is 16.3. The Morgan fingerprint density at radius 2 is 2.18 bits per heavy atom. The van der Waals surface area contributed by atoms with Crippen molar-refractivity contribution in [2.45, 2.75) is 26.8 Å². The summed E-state index contributed by atoms with van der Waals surface area (Å²) in [7, 11) is 3.95. The summed E-state index contributed by atoms with van der Waals surface area (Å²) in [5.74, 6) is -0.236. The molecule has 1 aliphatic heterocycles. The molecular weight excluding hydrogens is 282 g/mol. The standard InChI is InChI=1S/C15H25N5O2/c1-10-13(11(2)18-17-10)8-16-15(22)12-7-14(21)20(9-12)6-5-19(3)4/h12H,5-9H2,1-4H3,(H,16,22)(H,17,18). The maximum absolute atomic E-state index is 12.3. The van der Waals surface area contributed by atoms with Gasteiger partial charge in [-0.1, -0.05) is 0 Å². The second kappa shape index (κ2) is 6.91. The van der Waals surface area contributed by atoms with Crippen molar-refractivity contribution in [1.82, 2.24) is 25.3 Å². The van der Waals surface area contributed by atoms with E-state index in [0.717, 1.165) is 23.5 Å². The van der Waals surface area contributed by atoms with Gasteiger partial charge < -0.3 is 15.1 Å². The number of amides is 2. The largest absolute Gasteiger partial charge is 0.352 e. The topological polar surface area (TPSA) is 81.3 Å². The molecule has 7 nitrogen and oxygen atoms in total. The molecule has 1 aliphatic rings. The number of carbonyl (C=O) groups excluding carboxylic acids is 2. The normalized spacial score (nSPS) is 18.3. The molecule has 7 heteroatoms. The van der Waals surface area contributed by atoms with Crippen LogP contribution >= 0.6 is 0 Å². The van der Waals surface area contributed by atoms with Crippen LogP contribution in [0.25, 0.3) is 0 Å². The van der Waals surface area contributed by atoms with Gasteiger partial charge in [0.15, 0.2) is 0 Å². The van der Waals surface area contributed by atoms with Crippen LogP contribution in [-0.4, -0.2) is 65.5 Å². The predicted octanol–water partition coefficient (Wildman–Crippen LogP) is 0.0528. The number of aromatic amines is 1. The van der Waals surface area contributed by atoms with Gasteiger partial charge in [0.05, 0.1) is 11.6 Å². The number of likely N-dealkylation sites (tertiary alicyclic amines) is 1. The van der Waals surface area contributed by atoms with Gasteiger partial charge in [0.25, 0.3) is 0 Å². The second-order valence-electron chi connectivity index (χ2n) is 6.17. The van der Waals surface area contributed by atoms with Crippen molar-refractivity contribution in [1.29, 1.82) is 0 Å². The number of H-pyrrole nitrogens is 1. The first-order chi connectivity index (χ1) is 10.4. The predicted molar refractivity (Wildman–Crippen MR) is 83.1 cm³/mol. The summed E-state index contributed by atoms with van der Waals surface area (Å²) in [6.07, 6.45) is 0.308. The zero-order valence-electron chi connectivity index (χ0n) is 13.8. The lowest BCUT2D eigenvalue weighted by Crippen LogP contribution is -2.35. The molecule has 0 aromatic carbocycles. The third-order valence-electron chi connectivity index (χ3n) is 4.12. The van der Waals surface area contributed by atoms with E-state index in [1.807, 2.05) is 32.8 Å². The molecule has 1 aromatic heterocycles. The van der Waals surface area contributed by atoms with Crippen LogP contribution < -0.4 is 5.32 Å². The molecule has 0 aliphatic carbocycles. The van der Waals surface area contributed by atoms with Gasteiger partial charge >= 0.3 is 0 Å². The van der Waals surface area contributed by atoms with Gasteiger partial charge in [0, 0.05) is 43.9 Å². The lowest BCUT2D eigenvalue weighted by atomic mass is 10.1. The van der Waals surface area contributed by atoms with Crippen LogP contribution in [0.4, 0.5) is 0 Å². The van der Waals surface area contributed by atoms with Gasteiger partial charge in [-0.3, -0.25) is 14.7 Å². The Morgan fingerprint density at radius 1 is 1.45 bits per heavy atom. The molecule has 0 spiro atoms. The van der Waals surface area contributed by atoms with Crippen molar-refractivity contribution in [2.75, 3.05) is 33.7 Å². The minimum absolute atomic E-state index is 0.0549.